The fourth-order valence-electron chi connectivity index (χ4n) is 1.43. The van der Waals surface area contributed by atoms with Crippen molar-refractivity contribution in [2.24, 2.45) is 0 Å². The molecule has 2 nitrogen and oxygen atoms in total. The fraction of sp³-hybridized carbons (Fsp3) is 0.583. The lowest BCUT2D eigenvalue weighted by molar-refractivity contribution is 0.689. The zero-order valence-electron chi connectivity index (χ0n) is 9.41. The largest absolute Gasteiger partial charge is 0.385 e. The van der Waals surface area contributed by atoms with E-state index in [0.717, 1.165) is 6.54 Å². The Morgan fingerprint density at radius 2 is 1.87 bits per heavy atom. The Balaban J connectivity index is 1.93. The molecule has 0 aliphatic carbocycles. The normalized spacial score (nSPS) is 10.2. The highest BCUT2D eigenvalue weighted by molar-refractivity contribution is 7.98. The third-order valence-corrected chi connectivity index (χ3v) is 2.98. The maximum Gasteiger partial charge on any atom is 0.0371 e. The van der Waals surface area contributed by atoms with Gasteiger partial charge in [-0.15, -0.1) is 0 Å². The summed E-state index contributed by atoms with van der Waals surface area (Å²) in [6.07, 6.45) is 11.1. The van der Waals surface area contributed by atoms with E-state index in [4.69, 9.17) is 0 Å². The van der Waals surface area contributed by atoms with Crippen LogP contribution >= 0.6 is 11.8 Å². The molecular weight excluding hydrogens is 204 g/mol. The topological polar surface area (TPSA) is 24.9 Å². The standard InChI is InChI=1S/C12H20N2S/c1-15-11-5-3-2-4-8-14-12-6-9-13-10-7-12/h6-7,9-10H,2-5,8,11H2,1H3,(H,13,14). The van der Waals surface area contributed by atoms with Gasteiger partial charge in [0, 0.05) is 24.6 Å². The van der Waals surface area contributed by atoms with Gasteiger partial charge in [-0.2, -0.15) is 11.8 Å². The minimum Gasteiger partial charge on any atom is -0.385 e. The molecule has 1 N–H and O–H groups in total. The van der Waals surface area contributed by atoms with Crippen LogP contribution in [0.1, 0.15) is 25.7 Å². The van der Waals surface area contributed by atoms with Crippen LogP contribution in [0.4, 0.5) is 5.69 Å². The number of rotatable bonds is 8. The zero-order chi connectivity index (χ0) is 10.8. The Bertz CT molecular complexity index is 239. The van der Waals surface area contributed by atoms with Crippen molar-refractivity contribution in [2.75, 3.05) is 23.9 Å². The molecule has 0 saturated carbocycles. The Morgan fingerprint density at radius 3 is 2.60 bits per heavy atom. The number of pyridine rings is 1. The van der Waals surface area contributed by atoms with Crippen molar-refractivity contribution in [3.05, 3.63) is 24.5 Å². The van der Waals surface area contributed by atoms with Crippen molar-refractivity contribution >= 4 is 17.4 Å². The van der Waals surface area contributed by atoms with E-state index in [1.165, 1.54) is 37.1 Å². The minimum atomic E-state index is 1.07. The van der Waals surface area contributed by atoms with Gasteiger partial charge in [-0.1, -0.05) is 12.8 Å². The SMILES string of the molecule is CSCCCCCCNc1ccncc1. The predicted octanol–water partition coefficient (Wildman–Crippen LogP) is 3.42. The second kappa shape index (κ2) is 8.60. The van der Waals surface area contributed by atoms with Crippen LogP contribution in [-0.4, -0.2) is 23.5 Å². The molecule has 0 fully saturated rings. The fourth-order valence-corrected chi connectivity index (χ4v) is 1.92. The third kappa shape index (κ3) is 6.39. The number of nitrogens with one attached hydrogen (secondary N) is 1. The van der Waals surface area contributed by atoms with Crippen molar-refractivity contribution in [1.82, 2.24) is 4.98 Å². The number of hydrogen-bond acceptors (Lipinski definition) is 3. The number of thioether (sulfide) groups is 1. The quantitative estimate of drug-likeness (QED) is 0.685. The molecule has 0 saturated heterocycles. The number of hydrogen-bond donors (Lipinski definition) is 1. The smallest absolute Gasteiger partial charge is 0.0371 e. The van der Waals surface area contributed by atoms with Gasteiger partial charge in [0.2, 0.25) is 0 Å². The van der Waals surface area contributed by atoms with Crippen LogP contribution in [0.15, 0.2) is 24.5 Å². The van der Waals surface area contributed by atoms with Gasteiger partial charge in [-0.05, 0) is 37.0 Å². The van der Waals surface area contributed by atoms with Crippen LogP contribution in [0.3, 0.4) is 0 Å². The van der Waals surface area contributed by atoms with Gasteiger partial charge >= 0.3 is 0 Å². The molecule has 0 aliphatic heterocycles. The van der Waals surface area contributed by atoms with Crippen molar-refractivity contribution in [1.29, 1.82) is 0 Å². The Morgan fingerprint density at radius 1 is 1.13 bits per heavy atom. The van der Waals surface area contributed by atoms with Gasteiger partial charge in [0.05, 0.1) is 0 Å². The van der Waals surface area contributed by atoms with E-state index in [0.29, 0.717) is 0 Å². The molecule has 0 amide bonds. The summed E-state index contributed by atoms with van der Waals surface area (Å²) in [6.45, 7) is 1.07. The lowest BCUT2D eigenvalue weighted by Gasteiger charge is -2.05. The Labute approximate surface area is 96.9 Å². The third-order valence-electron chi connectivity index (χ3n) is 2.28. The molecule has 3 heteroatoms. The number of nitrogens with zero attached hydrogens (tertiary/aromatic N) is 1. The zero-order valence-corrected chi connectivity index (χ0v) is 10.2. The van der Waals surface area contributed by atoms with Crippen LogP contribution in [0.2, 0.25) is 0 Å². The van der Waals surface area contributed by atoms with E-state index < -0.39 is 0 Å². The highest BCUT2D eigenvalue weighted by atomic mass is 32.2. The first-order valence-electron chi connectivity index (χ1n) is 5.56. The number of anilines is 1. The van der Waals surface area contributed by atoms with Crippen LogP contribution in [0.25, 0.3) is 0 Å². The average molecular weight is 224 g/mol. The maximum absolute atomic E-state index is 3.98. The molecule has 0 bridgehead atoms. The average Bonchev–Trinajstić information content (AvgIpc) is 2.29. The van der Waals surface area contributed by atoms with E-state index in [1.807, 2.05) is 36.3 Å². The van der Waals surface area contributed by atoms with E-state index in [2.05, 4.69) is 16.6 Å². The maximum atomic E-state index is 3.98. The van der Waals surface area contributed by atoms with Crippen molar-refractivity contribution < 1.29 is 0 Å². The summed E-state index contributed by atoms with van der Waals surface area (Å²) in [5.41, 5.74) is 1.18. The van der Waals surface area contributed by atoms with Gasteiger partial charge in [0.1, 0.15) is 0 Å². The Kier molecular flexibility index (Phi) is 7.09. The van der Waals surface area contributed by atoms with Crippen molar-refractivity contribution in [3.8, 4) is 0 Å². The molecule has 1 aromatic heterocycles. The highest BCUT2D eigenvalue weighted by Gasteiger charge is 1.91. The van der Waals surface area contributed by atoms with Gasteiger partial charge < -0.3 is 5.32 Å². The molecule has 0 radical (unpaired) electrons. The van der Waals surface area contributed by atoms with E-state index >= 15 is 0 Å². The molecule has 0 spiro atoms. The van der Waals surface area contributed by atoms with Gasteiger partial charge in [-0.25, -0.2) is 0 Å². The van der Waals surface area contributed by atoms with E-state index in [-0.39, 0.29) is 0 Å². The summed E-state index contributed by atoms with van der Waals surface area (Å²) >= 11 is 1.94. The first kappa shape index (κ1) is 12.4. The molecule has 1 rings (SSSR count). The first-order valence-corrected chi connectivity index (χ1v) is 6.95. The number of aromatic nitrogens is 1. The van der Waals surface area contributed by atoms with Crippen molar-refractivity contribution in [2.45, 2.75) is 25.7 Å². The highest BCUT2D eigenvalue weighted by Crippen LogP contribution is 2.06. The summed E-state index contributed by atoms with van der Waals surface area (Å²) in [4.78, 5) is 3.98. The molecule has 0 aromatic carbocycles. The van der Waals surface area contributed by atoms with E-state index in [9.17, 15) is 0 Å². The lowest BCUT2D eigenvalue weighted by Crippen LogP contribution is -2.01. The molecule has 0 aliphatic rings. The summed E-state index contributed by atoms with van der Waals surface area (Å²) in [6, 6.07) is 4.02. The van der Waals surface area contributed by atoms with Gasteiger partial charge in [0.25, 0.3) is 0 Å². The second-order valence-electron chi connectivity index (χ2n) is 3.57. The Hall–Kier alpha value is -0.700. The van der Waals surface area contributed by atoms with Crippen LogP contribution in [0, 0.1) is 0 Å². The van der Waals surface area contributed by atoms with Gasteiger partial charge in [-0.3, -0.25) is 4.98 Å². The molecule has 1 heterocycles. The second-order valence-corrected chi connectivity index (χ2v) is 4.56. The minimum absolute atomic E-state index is 1.07. The van der Waals surface area contributed by atoms with Crippen LogP contribution in [-0.2, 0) is 0 Å². The lowest BCUT2D eigenvalue weighted by atomic mass is 10.2. The predicted molar refractivity (Wildman–Crippen MR) is 69.6 cm³/mol. The molecule has 1 aromatic rings. The van der Waals surface area contributed by atoms with Crippen LogP contribution < -0.4 is 5.32 Å². The molecule has 84 valence electrons. The summed E-state index contributed by atoms with van der Waals surface area (Å²) in [7, 11) is 0. The number of unbranched alkanes of at least 4 members (excludes halogenated alkanes) is 3. The molecule has 0 atom stereocenters. The van der Waals surface area contributed by atoms with Crippen molar-refractivity contribution in [3.63, 3.8) is 0 Å². The summed E-state index contributed by atoms with van der Waals surface area (Å²) < 4.78 is 0. The summed E-state index contributed by atoms with van der Waals surface area (Å²) in [5, 5.41) is 3.39. The molecular formula is C12H20N2S. The first-order chi connectivity index (χ1) is 7.43. The summed E-state index contributed by atoms with van der Waals surface area (Å²) in [5.74, 6) is 1.30. The van der Waals surface area contributed by atoms with E-state index in [1.54, 1.807) is 0 Å². The van der Waals surface area contributed by atoms with Crippen LogP contribution in [0.5, 0.6) is 0 Å². The molecule has 0 unspecified atom stereocenters. The molecule has 15 heavy (non-hydrogen) atoms. The van der Waals surface area contributed by atoms with Gasteiger partial charge in [0.15, 0.2) is 0 Å². The monoisotopic (exact) mass is 224 g/mol.